The number of rotatable bonds is 4. The van der Waals surface area contributed by atoms with E-state index in [1.165, 1.54) is 12.1 Å². The molecule has 0 aliphatic carbocycles. The summed E-state index contributed by atoms with van der Waals surface area (Å²) in [7, 11) is 0. The molecular formula is C20H16F2N4. The molecule has 3 aromatic heterocycles. The van der Waals surface area contributed by atoms with Crippen LogP contribution in [-0.4, -0.2) is 15.0 Å². The van der Waals surface area contributed by atoms with Crippen molar-refractivity contribution in [3.05, 3.63) is 83.9 Å². The minimum absolute atomic E-state index is 0.276. The highest BCUT2D eigenvalue weighted by Crippen LogP contribution is 2.28. The van der Waals surface area contributed by atoms with E-state index in [9.17, 15) is 8.78 Å². The van der Waals surface area contributed by atoms with Gasteiger partial charge in [0.25, 0.3) is 0 Å². The molecule has 0 aliphatic rings. The van der Waals surface area contributed by atoms with Gasteiger partial charge in [-0.05, 0) is 42.3 Å². The SMILES string of the molecule is N[C@@H](Cc1cc(F)cc(F)c1)c1ncccc1-c1cnc2[nH]ccc2c1. The number of aromatic nitrogens is 3. The van der Waals surface area contributed by atoms with Gasteiger partial charge in [0.1, 0.15) is 17.3 Å². The molecule has 0 saturated carbocycles. The number of aromatic amines is 1. The normalized spacial score (nSPS) is 12.4. The van der Waals surface area contributed by atoms with Crippen molar-refractivity contribution < 1.29 is 8.78 Å². The Morgan fingerprint density at radius 2 is 1.85 bits per heavy atom. The summed E-state index contributed by atoms with van der Waals surface area (Å²) in [6.45, 7) is 0. The van der Waals surface area contributed by atoms with Crippen molar-refractivity contribution in [1.82, 2.24) is 15.0 Å². The summed E-state index contributed by atoms with van der Waals surface area (Å²) in [6.07, 6.45) is 5.52. The maximum atomic E-state index is 13.4. The van der Waals surface area contributed by atoms with E-state index in [2.05, 4.69) is 15.0 Å². The standard InChI is InChI=1S/C20H16F2N4/c21-15-6-12(7-16(22)10-15)8-18(23)19-17(2-1-4-24-19)14-9-13-3-5-25-20(13)26-11-14/h1-7,9-11,18H,8,23H2,(H,25,26)/t18-/m0/s1. The smallest absolute Gasteiger partial charge is 0.137 e. The molecule has 0 bridgehead atoms. The second kappa shape index (κ2) is 6.65. The van der Waals surface area contributed by atoms with Crippen molar-refractivity contribution in [3.63, 3.8) is 0 Å². The lowest BCUT2D eigenvalue weighted by atomic mass is 9.96. The molecule has 0 radical (unpaired) electrons. The zero-order valence-electron chi connectivity index (χ0n) is 13.8. The molecule has 0 amide bonds. The van der Waals surface area contributed by atoms with Crippen LogP contribution in [0.1, 0.15) is 17.3 Å². The van der Waals surface area contributed by atoms with Gasteiger partial charge in [-0.2, -0.15) is 0 Å². The van der Waals surface area contributed by atoms with E-state index in [4.69, 9.17) is 5.73 Å². The van der Waals surface area contributed by atoms with E-state index in [0.717, 1.165) is 28.2 Å². The molecule has 0 spiro atoms. The Balaban J connectivity index is 1.70. The lowest BCUT2D eigenvalue weighted by Gasteiger charge is -2.16. The number of hydrogen-bond acceptors (Lipinski definition) is 3. The number of H-pyrrole nitrogens is 1. The first-order valence-electron chi connectivity index (χ1n) is 8.19. The Morgan fingerprint density at radius 1 is 1.04 bits per heavy atom. The van der Waals surface area contributed by atoms with Crippen molar-refractivity contribution in [1.29, 1.82) is 0 Å². The third-order valence-corrected chi connectivity index (χ3v) is 4.28. The molecule has 4 aromatic rings. The monoisotopic (exact) mass is 350 g/mol. The fourth-order valence-electron chi connectivity index (χ4n) is 3.12. The Labute approximate surface area is 148 Å². The van der Waals surface area contributed by atoms with Crippen molar-refractivity contribution >= 4 is 11.0 Å². The molecule has 1 atom stereocenters. The molecule has 4 nitrogen and oxygen atoms in total. The van der Waals surface area contributed by atoms with E-state index in [1.54, 1.807) is 12.4 Å². The van der Waals surface area contributed by atoms with Crippen LogP contribution in [0.4, 0.5) is 8.78 Å². The molecule has 0 unspecified atom stereocenters. The molecule has 26 heavy (non-hydrogen) atoms. The Bertz CT molecular complexity index is 1050. The van der Waals surface area contributed by atoms with Gasteiger partial charge in [0, 0.05) is 41.2 Å². The molecule has 6 heteroatoms. The third-order valence-electron chi connectivity index (χ3n) is 4.28. The first kappa shape index (κ1) is 16.4. The number of fused-ring (bicyclic) bond motifs is 1. The molecular weight excluding hydrogens is 334 g/mol. The van der Waals surface area contributed by atoms with Gasteiger partial charge in [-0.15, -0.1) is 0 Å². The van der Waals surface area contributed by atoms with Crippen molar-refractivity contribution in [2.24, 2.45) is 5.73 Å². The Morgan fingerprint density at radius 3 is 2.65 bits per heavy atom. The van der Waals surface area contributed by atoms with Gasteiger partial charge >= 0.3 is 0 Å². The molecule has 130 valence electrons. The largest absolute Gasteiger partial charge is 0.346 e. The predicted octanol–water partition coefficient (Wildman–Crippen LogP) is 4.15. The number of nitrogens with one attached hydrogen (secondary N) is 1. The fraction of sp³-hybridized carbons (Fsp3) is 0.100. The average Bonchev–Trinajstić information content (AvgIpc) is 3.08. The van der Waals surface area contributed by atoms with Crippen LogP contribution in [0, 0.1) is 11.6 Å². The summed E-state index contributed by atoms with van der Waals surface area (Å²) in [5.41, 5.74) is 10.0. The topological polar surface area (TPSA) is 67.6 Å². The molecule has 3 N–H and O–H groups in total. The maximum absolute atomic E-state index is 13.4. The van der Waals surface area contributed by atoms with Crippen molar-refractivity contribution in [3.8, 4) is 11.1 Å². The fourth-order valence-corrected chi connectivity index (χ4v) is 3.12. The average molecular weight is 350 g/mol. The number of benzene rings is 1. The molecule has 0 aliphatic heterocycles. The van der Waals surface area contributed by atoms with E-state index in [1.807, 2.05) is 30.5 Å². The Hall–Kier alpha value is -3.12. The van der Waals surface area contributed by atoms with E-state index in [0.29, 0.717) is 11.3 Å². The minimum atomic E-state index is -0.615. The van der Waals surface area contributed by atoms with E-state index in [-0.39, 0.29) is 6.42 Å². The van der Waals surface area contributed by atoms with Gasteiger partial charge in [0.15, 0.2) is 0 Å². The van der Waals surface area contributed by atoms with Crippen LogP contribution >= 0.6 is 0 Å². The van der Waals surface area contributed by atoms with Gasteiger partial charge in [-0.25, -0.2) is 13.8 Å². The molecule has 0 fully saturated rings. The van der Waals surface area contributed by atoms with Crippen LogP contribution in [0.15, 0.2) is 61.1 Å². The summed E-state index contributed by atoms with van der Waals surface area (Å²) >= 11 is 0. The van der Waals surface area contributed by atoms with Gasteiger partial charge in [0.2, 0.25) is 0 Å². The zero-order valence-corrected chi connectivity index (χ0v) is 13.8. The lowest BCUT2D eigenvalue weighted by molar-refractivity contribution is 0.576. The van der Waals surface area contributed by atoms with Crippen LogP contribution < -0.4 is 5.73 Å². The molecule has 3 heterocycles. The van der Waals surface area contributed by atoms with Gasteiger partial charge < -0.3 is 10.7 Å². The number of nitrogens with zero attached hydrogens (tertiary/aromatic N) is 2. The Kier molecular flexibility index (Phi) is 4.18. The summed E-state index contributed by atoms with van der Waals surface area (Å²) < 4.78 is 26.9. The summed E-state index contributed by atoms with van der Waals surface area (Å²) in [5.74, 6) is -1.23. The summed E-state index contributed by atoms with van der Waals surface area (Å²) in [4.78, 5) is 11.9. The van der Waals surface area contributed by atoms with Crippen LogP contribution in [0.25, 0.3) is 22.2 Å². The molecule has 4 rings (SSSR count). The highest BCUT2D eigenvalue weighted by Gasteiger charge is 2.16. The van der Waals surface area contributed by atoms with Crippen LogP contribution in [0.2, 0.25) is 0 Å². The van der Waals surface area contributed by atoms with E-state index >= 15 is 0 Å². The first-order chi connectivity index (χ1) is 12.6. The van der Waals surface area contributed by atoms with E-state index < -0.39 is 17.7 Å². The second-order valence-corrected chi connectivity index (χ2v) is 6.16. The third kappa shape index (κ3) is 3.19. The minimum Gasteiger partial charge on any atom is -0.346 e. The van der Waals surface area contributed by atoms with Crippen LogP contribution in [-0.2, 0) is 6.42 Å². The van der Waals surface area contributed by atoms with Crippen LogP contribution in [0.3, 0.4) is 0 Å². The highest BCUT2D eigenvalue weighted by molar-refractivity contribution is 5.81. The zero-order chi connectivity index (χ0) is 18.1. The number of hydrogen-bond donors (Lipinski definition) is 2. The number of pyridine rings is 2. The van der Waals surface area contributed by atoms with Crippen molar-refractivity contribution in [2.75, 3.05) is 0 Å². The number of nitrogens with two attached hydrogens (primary N) is 1. The van der Waals surface area contributed by atoms with Crippen LogP contribution in [0.5, 0.6) is 0 Å². The lowest BCUT2D eigenvalue weighted by Crippen LogP contribution is -2.16. The maximum Gasteiger partial charge on any atom is 0.137 e. The summed E-state index contributed by atoms with van der Waals surface area (Å²) in [6, 6.07) is 10.6. The number of halogens is 2. The highest BCUT2D eigenvalue weighted by atomic mass is 19.1. The van der Waals surface area contributed by atoms with Crippen molar-refractivity contribution in [2.45, 2.75) is 12.5 Å². The van der Waals surface area contributed by atoms with Gasteiger partial charge in [-0.3, -0.25) is 4.98 Å². The summed E-state index contributed by atoms with van der Waals surface area (Å²) in [5, 5.41) is 0.984. The predicted molar refractivity (Wildman–Crippen MR) is 96.3 cm³/mol. The first-order valence-corrected chi connectivity index (χ1v) is 8.19. The quantitative estimate of drug-likeness (QED) is 0.581. The van der Waals surface area contributed by atoms with Gasteiger partial charge in [0.05, 0.1) is 11.7 Å². The molecule has 1 aromatic carbocycles. The molecule has 0 saturated heterocycles. The second-order valence-electron chi connectivity index (χ2n) is 6.16. The van der Waals surface area contributed by atoms with Gasteiger partial charge in [-0.1, -0.05) is 6.07 Å².